The lowest BCUT2D eigenvalue weighted by Gasteiger charge is -2.09. The Morgan fingerprint density at radius 3 is 1.46 bits per heavy atom. The first-order valence-electron chi connectivity index (χ1n) is 8.12. The molecule has 0 saturated heterocycles. The minimum absolute atomic E-state index is 0.385. The van der Waals surface area contributed by atoms with Crippen molar-refractivity contribution in [1.82, 2.24) is 0 Å². The lowest BCUT2D eigenvalue weighted by Crippen LogP contribution is -2.22. The van der Waals surface area contributed by atoms with Crippen molar-refractivity contribution in [3.8, 4) is 0 Å². The minimum atomic E-state index is -0.526. The van der Waals surface area contributed by atoms with Crippen molar-refractivity contribution in [2.45, 2.75) is 0 Å². The van der Waals surface area contributed by atoms with Crippen molar-refractivity contribution in [1.29, 1.82) is 0 Å². The number of fused-ring (bicyclic) bond motifs is 7. The Labute approximate surface area is 145 Å². The highest BCUT2D eigenvalue weighted by Crippen LogP contribution is 2.33. The van der Waals surface area contributed by atoms with Gasteiger partial charge in [0, 0.05) is 10.8 Å². The van der Waals surface area contributed by atoms with Crippen molar-refractivity contribution in [3.63, 3.8) is 0 Å². The van der Waals surface area contributed by atoms with Crippen molar-refractivity contribution in [3.05, 3.63) is 102 Å². The molecule has 0 atom stereocenters. The van der Waals surface area contributed by atoms with Gasteiger partial charge in [0.25, 0.3) is 0 Å². The van der Waals surface area contributed by atoms with Gasteiger partial charge >= 0.3 is 0 Å². The number of hydrogen-bond acceptors (Lipinski definition) is 4. The molecule has 0 aliphatic carbocycles. The molecule has 4 heteroatoms. The van der Waals surface area contributed by atoms with Crippen LogP contribution in [0, 0.1) is 0 Å². The van der Waals surface area contributed by atoms with Crippen molar-refractivity contribution >= 4 is 43.1 Å². The topological polar surface area (TPSA) is 68.3 Å². The van der Waals surface area contributed by atoms with E-state index in [1.807, 2.05) is 18.2 Å². The number of benzene rings is 5. The second-order valence-corrected chi connectivity index (χ2v) is 6.37. The molecule has 4 nitrogen and oxygen atoms in total. The molecule has 122 valence electrons. The summed E-state index contributed by atoms with van der Waals surface area (Å²) in [6, 6.07) is 16.7. The fourth-order valence-corrected chi connectivity index (χ4v) is 3.77. The second kappa shape index (κ2) is 4.92. The van der Waals surface area contributed by atoms with E-state index in [9.17, 15) is 19.2 Å². The summed E-state index contributed by atoms with van der Waals surface area (Å²) >= 11 is 0. The van der Waals surface area contributed by atoms with E-state index in [0.29, 0.717) is 21.5 Å². The Bertz CT molecular complexity index is 1600. The molecule has 0 aliphatic rings. The van der Waals surface area contributed by atoms with Gasteiger partial charge in [-0.1, -0.05) is 24.3 Å². The molecule has 0 fully saturated rings. The van der Waals surface area contributed by atoms with E-state index in [2.05, 4.69) is 0 Å². The number of hydrogen-bond donors (Lipinski definition) is 0. The summed E-state index contributed by atoms with van der Waals surface area (Å²) in [6.07, 6.45) is 0. The average molecular weight is 338 g/mol. The largest absolute Gasteiger partial charge is 0.286 e. The maximum Gasteiger partial charge on any atom is 0.233 e. The van der Waals surface area contributed by atoms with E-state index in [1.165, 1.54) is 12.1 Å². The predicted octanol–water partition coefficient (Wildman–Crippen LogP) is 2.62. The molecule has 0 radical (unpaired) electrons. The van der Waals surface area contributed by atoms with Gasteiger partial charge < -0.3 is 0 Å². The van der Waals surface area contributed by atoms with E-state index < -0.39 is 21.7 Å². The van der Waals surface area contributed by atoms with Gasteiger partial charge in [-0.15, -0.1) is 0 Å². The fraction of sp³-hybridized carbons (Fsp3) is 0. The van der Waals surface area contributed by atoms with Gasteiger partial charge in [-0.25, -0.2) is 0 Å². The van der Waals surface area contributed by atoms with Crippen molar-refractivity contribution < 1.29 is 0 Å². The molecule has 0 bridgehead atoms. The minimum Gasteiger partial charge on any atom is -0.286 e. The monoisotopic (exact) mass is 338 g/mol. The molecule has 0 unspecified atom stereocenters. The molecule has 0 spiro atoms. The van der Waals surface area contributed by atoms with E-state index in [1.54, 1.807) is 30.3 Å². The molecular formula is C22H10O4. The van der Waals surface area contributed by atoms with E-state index in [4.69, 9.17) is 0 Å². The highest BCUT2D eigenvalue weighted by Gasteiger charge is 2.11. The average Bonchev–Trinajstić information content (AvgIpc) is 2.66. The lowest BCUT2D eigenvalue weighted by atomic mass is 9.93. The summed E-state index contributed by atoms with van der Waals surface area (Å²) in [5, 5.41) is 5.68. The third kappa shape index (κ3) is 1.78. The molecule has 0 saturated carbocycles. The van der Waals surface area contributed by atoms with Gasteiger partial charge in [-0.3, -0.25) is 19.2 Å². The van der Waals surface area contributed by atoms with Gasteiger partial charge in [0.1, 0.15) is 0 Å². The van der Waals surface area contributed by atoms with Crippen LogP contribution in [0.2, 0.25) is 0 Å². The van der Waals surface area contributed by atoms with Crippen molar-refractivity contribution in [2.75, 3.05) is 0 Å². The van der Waals surface area contributed by atoms with Crippen LogP contribution in [0.25, 0.3) is 43.1 Å². The van der Waals surface area contributed by atoms with Gasteiger partial charge in [0.15, 0.2) is 0 Å². The summed E-state index contributed by atoms with van der Waals surface area (Å²) in [7, 11) is 0. The molecule has 0 aromatic heterocycles. The summed E-state index contributed by atoms with van der Waals surface area (Å²) in [6.45, 7) is 0. The zero-order valence-corrected chi connectivity index (χ0v) is 13.4. The van der Waals surface area contributed by atoms with Crippen LogP contribution in [-0.2, 0) is 0 Å². The summed E-state index contributed by atoms with van der Waals surface area (Å²) in [4.78, 5) is 47.7. The van der Waals surface area contributed by atoms with Crippen LogP contribution in [0.5, 0.6) is 0 Å². The van der Waals surface area contributed by atoms with Gasteiger partial charge in [-0.2, -0.15) is 0 Å². The molecule has 0 aliphatic heterocycles. The van der Waals surface area contributed by atoms with E-state index >= 15 is 0 Å². The zero-order valence-electron chi connectivity index (χ0n) is 13.4. The van der Waals surface area contributed by atoms with Gasteiger partial charge in [0.05, 0.1) is 0 Å². The first-order chi connectivity index (χ1) is 12.6. The fourth-order valence-electron chi connectivity index (χ4n) is 3.77. The highest BCUT2D eigenvalue weighted by molar-refractivity contribution is 6.24. The third-order valence-corrected chi connectivity index (χ3v) is 5.00. The molecular weight excluding hydrogens is 328 g/mol. The maximum atomic E-state index is 12.2. The van der Waals surface area contributed by atoms with Crippen LogP contribution in [0.1, 0.15) is 0 Å². The molecule has 0 heterocycles. The Balaban J connectivity index is 2.12. The number of rotatable bonds is 0. The van der Waals surface area contributed by atoms with Gasteiger partial charge in [-0.05, 0) is 68.7 Å². The summed E-state index contributed by atoms with van der Waals surface area (Å²) in [5.74, 6) is 0. The van der Waals surface area contributed by atoms with Crippen LogP contribution < -0.4 is 21.7 Å². The molecule has 5 rings (SSSR count). The first kappa shape index (κ1) is 14.7. The Kier molecular flexibility index (Phi) is 2.78. The van der Waals surface area contributed by atoms with E-state index in [-0.39, 0.29) is 0 Å². The summed E-state index contributed by atoms with van der Waals surface area (Å²) < 4.78 is 0. The normalized spacial score (nSPS) is 11.7. The van der Waals surface area contributed by atoms with Crippen LogP contribution in [0.4, 0.5) is 0 Å². The second-order valence-electron chi connectivity index (χ2n) is 6.37. The van der Waals surface area contributed by atoms with Crippen LogP contribution >= 0.6 is 0 Å². The van der Waals surface area contributed by atoms with Crippen LogP contribution in [-0.4, -0.2) is 0 Å². The smallest absolute Gasteiger partial charge is 0.233 e. The quantitative estimate of drug-likeness (QED) is 0.321. The molecule has 0 amide bonds. The predicted molar refractivity (Wildman–Crippen MR) is 104 cm³/mol. The zero-order chi connectivity index (χ0) is 18.0. The standard InChI is InChI=1S/C22H10O4/c23-18-9-7-13-12-3-1-11-2-4-17-15(8-10-19(24)22(17)26)20(11)14(12)5-6-16(13)21(18)25/h1-10H. The molecule has 26 heavy (non-hydrogen) atoms. The third-order valence-electron chi connectivity index (χ3n) is 5.00. The molecule has 0 N–H and O–H groups in total. The molecule has 5 aromatic carbocycles. The summed E-state index contributed by atoms with van der Waals surface area (Å²) in [5.41, 5.74) is -2.08. The SMILES string of the molecule is O=c1ccc2c(ccc3c2ccc2ccc4c(=O)c(=O)ccc4c23)c1=O. The maximum absolute atomic E-state index is 12.2. The van der Waals surface area contributed by atoms with Crippen LogP contribution in [0.3, 0.4) is 0 Å². The van der Waals surface area contributed by atoms with Gasteiger partial charge in [0.2, 0.25) is 21.7 Å². The van der Waals surface area contributed by atoms with Crippen molar-refractivity contribution in [2.24, 2.45) is 0 Å². The Hall–Kier alpha value is -3.66. The Morgan fingerprint density at radius 1 is 0.385 bits per heavy atom. The van der Waals surface area contributed by atoms with E-state index in [0.717, 1.165) is 21.5 Å². The Morgan fingerprint density at radius 2 is 0.769 bits per heavy atom. The lowest BCUT2D eigenvalue weighted by molar-refractivity contribution is 1.54. The highest BCUT2D eigenvalue weighted by atomic mass is 16.2. The molecule has 5 aromatic rings. The van der Waals surface area contributed by atoms with Crippen LogP contribution in [0.15, 0.2) is 79.8 Å². The first-order valence-corrected chi connectivity index (χ1v) is 8.12.